The molecule has 0 saturated heterocycles. The predicted molar refractivity (Wildman–Crippen MR) is 52.6 cm³/mol. The lowest BCUT2D eigenvalue weighted by Gasteiger charge is -2.03. The first-order valence-corrected chi connectivity index (χ1v) is 4.21. The van der Waals surface area contributed by atoms with Crippen molar-refractivity contribution in [2.75, 3.05) is 12.4 Å². The molecule has 1 aromatic carbocycles. The van der Waals surface area contributed by atoms with Crippen LogP contribution >= 0.6 is 0 Å². The van der Waals surface area contributed by atoms with Gasteiger partial charge in [0, 0.05) is 12.6 Å². The van der Waals surface area contributed by atoms with Gasteiger partial charge in [0.15, 0.2) is 5.82 Å². The van der Waals surface area contributed by atoms with Crippen LogP contribution in [0.15, 0.2) is 30.3 Å². The molecule has 1 N–H and O–H groups in total. The van der Waals surface area contributed by atoms with Crippen LogP contribution in [0.2, 0.25) is 0 Å². The van der Waals surface area contributed by atoms with Gasteiger partial charge < -0.3 is 5.32 Å². The lowest BCUT2D eigenvalue weighted by Crippen LogP contribution is -2.02. The third-order valence-corrected chi connectivity index (χ3v) is 1.84. The molecular formula is C9H9N5. The SMILES string of the molecule is CNc1nnnnc1-c1ccccc1. The van der Waals surface area contributed by atoms with Gasteiger partial charge in [-0.3, -0.25) is 0 Å². The van der Waals surface area contributed by atoms with Crippen LogP contribution in [0.1, 0.15) is 0 Å². The number of aromatic nitrogens is 4. The summed E-state index contributed by atoms with van der Waals surface area (Å²) in [5.41, 5.74) is 1.68. The summed E-state index contributed by atoms with van der Waals surface area (Å²) in [6.07, 6.45) is 0. The topological polar surface area (TPSA) is 63.6 Å². The first-order valence-electron chi connectivity index (χ1n) is 4.21. The molecule has 2 rings (SSSR count). The summed E-state index contributed by atoms with van der Waals surface area (Å²) in [5, 5.41) is 17.7. The van der Waals surface area contributed by atoms with Crippen molar-refractivity contribution in [1.29, 1.82) is 0 Å². The van der Waals surface area contributed by atoms with E-state index in [1.54, 1.807) is 7.05 Å². The van der Waals surface area contributed by atoms with E-state index in [0.717, 1.165) is 5.56 Å². The molecule has 0 aliphatic carbocycles. The smallest absolute Gasteiger partial charge is 0.178 e. The molecule has 14 heavy (non-hydrogen) atoms. The van der Waals surface area contributed by atoms with Crippen LogP contribution < -0.4 is 5.32 Å². The molecule has 70 valence electrons. The highest BCUT2D eigenvalue weighted by molar-refractivity contribution is 5.69. The summed E-state index contributed by atoms with van der Waals surface area (Å²) < 4.78 is 0. The van der Waals surface area contributed by atoms with Gasteiger partial charge in [-0.1, -0.05) is 30.3 Å². The van der Waals surface area contributed by atoms with Crippen LogP contribution in [0.3, 0.4) is 0 Å². The molecule has 0 unspecified atom stereocenters. The van der Waals surface area contributed by atoms with Crippen LogP contribution in [0.4, 0.5) is 5.82 Å². The zero-order chi connectivity index (χ0) is 9.80. The Bertz CT molecular complexity index is 415. The Balaban J connectivity index is 2.51. The lowest BCUT2D eigenvalue weighted by molar-refractivity contribution is 0.771. The summed E-state index contributed by atoms with van der Waals surface area (Å²) in [7, 11) is 1.78. The van der Waals surface area contributed by atoms with Crippen molar-refractivity contribution < 1.29 is 0 Å². The number of hydrogen-bond donors (Lipinski definition) is 1. The first kappa shape index (κ1) is 8.55. The maximum atomic E-state index is 3.93. The fourth-order valence-corrected chi connectivity index (χ4v) is 1.18. The molecule has 0 amide bonds. The lowest BCUT2D eigenvalue weighted by atomic mass is 10.1. The minimum Gasteiger partial charge on any atom is -0.370 e. The molecule has 0 bridgehead atoms. The fraction of sp³-hybridized carbons (Fsp3) is 0.111. The molecule has 5 nitrogen and oxygen atoms in total. The average molecular weight is 187 g/mol. The fourth-order valence-electron chi connectivity index (χ4n) is 1.18. The Morgan fingerprint density at radius 1 is 1.00 bits per heavy atom. The minimum atomic E-state index is 0.631. The van der Waals surface area contributed by atoms with E-state index in [9.17, 15) is 0 Å². The van der Waals surface area contributed by atoms with Crippen molar-refractivity contribution in [2.45, 2.75) is 0 Å². The van der Waals surface area contributed by atoms with Gasteiger partial charge in [0.05, 0.1) is 0 Å². The van der Waals surface area contributed by atoms with Gasteiger partial charge in [-0.05, 0) is 10.4 Å². The van der Waals surface area contributed by atoms with Gasteiger partial charge in [-0.15, -0.1) is 10.2 Å². The molecule has 0 atom stereocenters. The van der Waals surface area contributed by atoms with Gasteiger partial charge >= 0.3 is 0 Å². The Kier molecular flexibility index (Phi) is 2.31. The Morgan fingerprint density at radius 2 is 1.71 bits per heavy atom. The van der Waals surface area contributed by atoms with E-state index in [0.29, 0.717) is 11.5 Å². The second-order valence-electron chi connectivity index (χ2n) is 2.69. The van der Waals surface area contributed by atoms with Crippen molar-refractivity contribution >= 4 is 5.82 Å². The minimum absolute atomic E-state index is 0.631. The molecule has 0 fully saturated rings. The standard InChI is InChI=1S/C9H9N5/c1-10-9-8(11-13-14-12-9)7-5-3-2-4-6-7/h2-6H,1H3,(H,10,12,13). The zero-order valence-corrected chi connectivity index (χ0v) is 7.68. The van der Waals surface area contributed by atoms with E-state index in [1.807, 2.05) is 30.3 Å². The summed E-state index contributed by atoms with van der Waals surface area (Å²) in [5.74, 6) is 0.631. The first-order chi connectivity index (χ1) is 6.92. The highest BCUT2D eigenvalue weighted by Gasteiger charge is 2.06. The van der Waals surface area contributed by atoms with Crippen LogP contribution in [0.5, 0.6) is 0 Å². The van der Waals surface area contributed by atoms with Crippen LogP contribution in [-0.4, -0.2) is 27.7 Å². The zero-order valence-electron chi connectivity index (χ0n) is 7.68. The van der Waals surface area contributed by atoms with Crippen molar-refractivity contribution in [3.8, 4) is 11.3 Å². The number of nitrogens with one attached hydrogen (secondary N) is 1. The summed E-state index contributed by atoms with van der Waals surface area (Å²) in [6, 6.07) is 9.73. The summed E-state index contributed by atoms with van der Waals surface area (Å²) >= 11 is 0. The largest absolute Gasteiger partial charge is 0.370 e. The van der Waals surface area contributed by atoms with Gasteiger partial charge in [-0.25, -0.2) is 0 Å². The molecule has 0 spiro atoms. The molecule has 0 radical (unpaired) electrons. The molecule has 2 aromatic rings. The van der Waals surface area contributed by atoms with Crippen LogP contribution in [0, 0.1) is 0 Å². The number of nitrogens with zero attached hydrogens (tertiary/aromatic N) is 4. The second-order valence-corrected chi connectivity index (χ2v) is 2.69. The Hall–Kier alpha value is -2.04. The van der Waals surface area contributed by atoms with E-state index in [-0.39, 0.29) is 0 Å². The molecule has 1 heterocycles. The number of rotatable bonds is 2. The van der Waals surface area contributed by atoms with Gasteiger partial charge in [-0.2, -0.15) is 0 Å². The highest BCUT2D eigenvalue weighted by atomic mass is 15.4. The molecule has 0 aliphatic rings. The Morgan fingerprint density at radius 3 is 2.43 bits per heavy atom. The normalized spacial score (nSPS) is 9.79. The molecule has 0 saturated carbocycles. The summed E-state index contributed by atoms with van der Waals surface area (Å²) in [4.78, 5) is 0. The third kappa shape index (κ3) is 1.52. The van der Waals surface area contributed by atoms with E-state index < -0.39 is 0 Å². The molecular weight excluding hydrogens is 178 g/mol. The quantitative estimate of drug-likeness (QED) is 0.759. The van der Waals surface area contributed by atoms with Gasteiger partial charge in [0.1, 0.15) is 5.69 Å². The molecule has 5 heteroatoms. The van der Waals surface area contributed by atoms with Gasteiger partial charge in [0.2, 0.25) is 0 Å². The predicted octanol–water partition coefficient (Wildman–Crippen LogP) is 0.975. The summed E-state index contributed by atoms with van der Waals surface area (Å²) in [6.45, 7) is 0. The van der Waals surface area contributed by atoms with E-state index in [4.69, 9.17) is 0 Å². The van der Waals surface area contributed by atoms with E-state index >= 15 is 0 Å². The number of benzene rings is 1. The van der Waals surface area contributed by atoms with Crippen LogP contribution in [0.25, 0.3) is 11.3 Å². The third-order valence-electron chi connectivity index (χ3n) is 1.84. The van der Waals surface area contributed by atoms with Crippen molar-refractivity contribution in [3.05, 3.63) is 30.3 Å². The monoisotopic (exact) mass is 187 g/mol. The van der Waals surface area contributed by atoms with Crippen molar-refractivity contribution in [3.63, 3.8) is 0 Å². The average Bonchev–Trinajstić information content (AvgIpc) is 2.30. The van der Waals surface area contributed by atoms with E-state index in [2.05, 4.69) is 25.9 Å². The highest BCUT2D eigenvalue weighted by Crippen LogP contribution is 2.20. The maximum absolute atomic E-state index is 3.93. The van der Waals surface area contributed by atoms with Crippen molar-refractivity contribution in [2.24, 2.45) is 0 Å². The van der Waals surface area contributed by atoms with Crippen LogP contribution in [-0.2, 0) is 0 Å². The number of anilines is 1. The van der Waals surface area contributed by atoms with E-state index in [1.165, 1.54) is 0 Å². The van der Waals surface area contributed by atoms with Gasteiger partial charge in [0.25, 0.3) is 0 Å². The maximum Gasteiger partial charge on any atom is 0.178 e. The molecule has 1 aromatic heterocycles. The number of hydrogen-bond acceptors (Lipinski definition) is 5. The molecule has 0 aliphatic heterocycles. The van der Waals surface area contributed by atoms with Crippen molar-refractivity contribution in [1.82, 2.24) is 20.6 Å². The second kappa shape index (κ2) is 3.78. The Labute approximate surface area is 81.2 Å².